The number of hydrogen-bond donors (Lipinski definition) is 3. The van der Waals surface area contributed by atoms with Crippen LogP contribution < -0.4 is 11.1 Å². The van der Waals surface area contributed by atoms with Gasteiger partial charge < -0.3 is 16.2 Å². The third-order valence-corrected chi connectivity index (χ3v) is 1.57. The molecule has 76 valence electrons. The number of aliphatic carboxylic acids is 1. The molecule has 0 saturated heterocycles. The van der Waals surface area contributed by atoms with E-state index in [1.165, 1.54) is 6.92 Å². The third kappa shape index (κ3) is 6.10. The van der Waals surface area contributed by atoms with E-state index in [0.29, 0.717) is 6.42 Å². The van der Waals surface area contributed by atoms with E-state index in [1.54, 1.807) is 6.92 Å². The van der Waals surface area contributed by atoms with Gasteiger partial charge in [-0.05, 0) is 20.3 Å². The summed E-state index contributed by atoms with van der Waals surface area (Å²) < 4.78 is 0. The molecule has 4 N–H and O–H groups in total. The van der Waals surface area contributed by atoms with Crippen molar-refractivity contribution in [3.05, 3.63) is 0 Å². The summed E-state index contributed by atoms with van der Waals surface area (Å²) in [7, 11) is 0. The van der Waals surface area contributed by atoms with Gasteiger partial charge in [0.05, 0.1) is 0 Å². The van der Waals surface area contributed by atoms with Gasteiger partial charge in [0.1, 0.15) is 6.04 Å². The number of nitrogens with two attached hydrogens (primary N) is 1. The second-order valence-corrected chi connectivity index (χ2v) is 3.14. The van der Waals surface area contributed by atoms with Gasteiger partial charge in [-0.1, -0.05) is 0 Å². The second kappa shape index (κ2) is 5.53. The van der Waals surface area contributed by atoms with E-state index in [1.807, 2.05) is 0 Å². The average Bonchev–Trinajstić information content (AvgIpc) is 2.00. The van der Waals surface area contributed by atoms with Gasteiger partial charge in [-0.2, -0.15) is 0 Å². The SMILES string of the molecule is CC(N)CCC(=O)N[C@H](C)C(=O)O. The topological polar surface area (TPSA) is 92.4 Å². The van der Waals surface area contributed by atoms with Crippen molar-refractivity contribution in [3.8, 4) is 0 Å². The maximum Gasteiger partial charge on any atom is 0.325 e. The molecule has 1 amide bonds. The molecular formula is C8H16N2O3. The van der Waals surface area contributed by atoms with Gasteiger partial charge in [-0.3, -0.25) is 9.59 Å². The average molecular weight is 188 g/mol. The highest BCUT2D eigenvalue weighted by Crippen LogP contribution is 1.94. The summed E-state index contributed by atoms with van der Waals surface area (Å²) in [6.07, 6.45) is 0.841. The highest BCUT2D eigenvalue weighted by Gasteiger charge is 2.13. The molecular weight excluding hydrogens is 172 g/mol. The number of carboxylic acid groups (broad SMARTS) is 1. The molecule has 0 bridgehead atoms. The molecule has 0 rings (SSSR count). The van der Waals surface area contributed by atoms with E-state index in [-0.39, 0.29) is 18.4 Å². The first-order valence-corrected chi connectivity index (χ1v) is 4.21. The minimum atomic E-state index is -1.03. The van der Waals surface area contributed by atoms with Crippen molar-refractivity contribution in [2.45, 2.75) is 38.8 Å². The molecule has 0 saturated carbocycles. The Hall–Kier alpha value is -1.10. The first-order chi connectivity index (χ1) is 5.93. The largest absolute Gasteiger partial charge is 0.480 e. The highest BCUT2D eigenvalue weighted by molar-refractivity contribution is 5.83. The number of carbonyl (C=O) groups excluding carboxylic acids is 1. The Morgan fingerprint density at radius 1 is 1.46 bits per heavy atom. The summed E-state index contributed by atoms with van der Waals surface area (Å²) >= 11 is 0. The second-order valence-electron chi connectivity index (χ2n) is 3.14. The van der Waals surface area contributed by atoms with Crippen LogP contribution in [0.25, 0.3) is 0 Å². The van der Waals surface area contributed by atoms with Crippen molar-refractivity contribution in [2.24, 2.45) is 5.73 Å². The molecule has 5 heteroatoms. The Balaban J connectivity index is 3.68. The lowest BCUT2D eigenvalue weighted by atomic mass is 10.2. The lowest BCUT2D eigenvalue weighted by Crippen LogP contribution is -2.38. The molecule has 0 heterocycles. The van der Waals surface area contributed by atoms with Gasteiger partial charge in [0.2, 0.25) is 5.91 Å². The molecule has 0 radical (unpaired) electrons. The Kier molecular flexibility index (Phi) is 5.06. The van der Waals surface area contributed by atoms with Crippen LogP contribution >= 0.6 is 0 Å². The highest BCUT2D eigenvalue weighted by atomic mass is 16.4. The summed E-state index contributed by atoms with van der Waals surface area (Å²) in [5, 5.41) is 10.8. The number of rotatable bonds is 5. The molecule has 0 aliphatic carbocycles. The Morgan fingerprint density at radius 2 is 2.00 bits per heavy atom. The number of nitrogens with one attached hydrogen (secondary N) is 1. The van der Waals surface area contributed by atoms with Crippen molar-refractivity contribution in [2.75, 3.05) is 0 Å². The van der Waals surface area contributed by atoms with Gasteiger partial charge in [-0.15, -0.1) is 0 Å². The van der Waals surface area contributed by atoms with Crippen molar-refractivity contribution in [3.63, 3.8) is 0 Å². The van der Waals surface area contributed by atoms with Crippen LogP contribution in [0.3, 0.4) is 0 Å². The molecule has 13 heavy (non-hydrogen) atoms. The lowest BCUT2D eigenvalue weighted by molar-refractivity contribution is -0.141. The molecule has 0 aliphatic rings. The van der Waals surface area contributed by atoms with Crippen molar-refractivity contribution >= 4 is 11.9 Å². The summed E-state index contributed by atoms with van der Waals surface area (Å²) in [6, 6.07) is -0.869. The summed E-state index contributed by atoms with van der Waals surface area (Å²) in [5.74, 6) is -1.30. The standard InChI is InChI=1S/C8H16N2O3/c1-5(9)3-4-7(11)10-6(2)8(12)13/h5-6H,3-4,9H2,1-2H3,(H,10,11)(H,12,13)/t5?,6-/m1/s1. The fourth-order valence-corrected chi connectivity index (χ4v) is 0.734. The van der Waals surface area contributed by atoms with Crippen LogP contribution in [0.4, 0.5) is 0 Å². The summed E-state index contributed by atoms with van der Waals surface area (Å²) in [4.78, 5) is 21.4. The van der Waals surface area contributed by atoms with E-state index in [0.717, 1.165) is 0 Å². The summed E-state index contributed by atoms with van der Waals surface area (Å²) in [6.45, 7) is 3.22. The smallest absolute Gasteiger partial charge is 0.325 e. The zero-order valence-corrected chi connectivity index (χ0v) is 7.91. The lowest BCUT2D eigenvalue weighted by Gasteiger charge is -2.09. The summed E-state index contributed by atoms with van der Waals surface area (Å²) in [5.41, 5.74) is 5.43. The van der Waals surface area contributed by atoms with E-state index in [4.69, 9.17) is 10.8 Å². The predicted octanol–water partition coefficient (Wildman–Crippen LogP) is -0.297. The molecule has 0 spiro atoms. The number of hydrogen-bond acceptors (Lipinski definition) is 3. The van der Waals surface area contributed by atoms with Crippen LogP contribution in [-0.2, 0) is 9.59 Å². The maximum atomic E-state index is 11.0. The first-order valence-electron chi connectivity index (χ1n) is 4.21. The van der Waals surface area contributed by atoms with Gasteiger partial charge in [-0.25, -0.2) is 0 Å². The van der Waals surface area contributed by atoms with E-state index < -0.39 is 12.0 Å². The maximum absolute atomic E-state index is 11.0. The third-order valence-electron chi connectivity index (χ3n) is 1.57. The minimum Gasteiger partial charge on any atom is -0.480 e. The normalized spacial score (nSPS) is 14.7. The minimum absolute atomic E-state index is 0.0362. The number of carboxylic acids is 1. The van der Waals surface area contributed by atoms with Crippen molar-refractivity contribution in [1.82, 2.24) is 5.32 Å². The molecule has 0 aromatic heterocycles. The Morgan fingerprint density at radius 3 is 2.38 bits per heavy atom. The molecule has 0 aliphatic heterocycles. The molecule has 0 aromatic carbocycles. The first kappa shape index (κ1) is 11.9. The Labute approximate surface area is 77.3 Å². The quantitative estimate of drug-likeness (QED) is 0.552. The van der Waals surface area contributed by atoms with E-state index in [2.05, 4.69) is 5.32 Å². The van der Waals surface area contributed by atoms with Gasteiger partial charge in [0, 0.05) is 12.5 Å². The zero-order valence-electron chi connectivity index (χ0n) is 7.91. The van der Waals surface area contributed by atoms with Crippen LogP contribution in [0.1, 0.15) is 26.7 Å². The number of carbonyl (C=O) groups is 2. The molecule has 2 atom stereocenters. The van der Waals surface area contributed by atoms with Crippen LogP contribution in [0, 0.1) is 0 Å². The van der Waals surface area contributed by atoms with Crippen LogP contribution in [-0.4, -0.2) is 29.1 Å². The van der Waals surface area contributed by atoms with Crippen LogP contribution in [0.5, 0.6) is 0 Å². The molecule has 1 unspecified atom stereocenters. The van der Waals surface area contributed by atoms with Gasteiger partial charge in [0.25, 0.3) is 0 Å². The molecule has 5 nitrogen and oxygen atoms in total. The monoisotopic (exact) mass is 188 g/mol. The van der Waals surface area contributed by atoms with Crippen LogP contribution in [0.2, 0.25) is 0 Å². The van der Waals surface area contributed by atoms with Crippen LogP contribution in [0.15, 0.2) is 0 Å². The zero-order chi connectivity index (χ0) is 10.4. The fourth-order valence-electron chi connectivity index (χ4n) is 0.734. The van der Waals surface area contributed by atoms with Gasteiger partial charge >= 0.3 is 5.97 Å². The Bertz CT molecular complexity index is 192. The predicted molar refractivity (Wildman–Crippen MR) is 48.1 cm³/mol. The van der Waals surface area contributed by atoms with Gasteiger partial charge in [0.15, 0.2) is 0 Å². The molecule has 0 aromatic rings. The van der Waals surface area contributed by atoms with E-state index >= 15 is 0 Å². The molecule has 0 fully saturated rings. The van der Waals surface area contributed by atoms with Crippen molar-refractivity contribution in [1.29, 1.82) is 0 Å². The fraction of sp³-hybridized carbons (Fsp3) is 0.750. The number of amides is 1. The van der Waals surface area contributed by atoms with E-state index in [9.17, 15) is 9.59 Å². The van der Waals surface area contributed by atoms with Crippen molar-refractivity contribution < 1.29 is 14.7 Å².